The number of amides is 2. The molecule has 0 aromatic heterocycles. The fourth-order valence-electron chi connectivity index (χ4n) is 3.14. The Balaban J connectivity index is 1.71. The van der Waals surface area contributed by atoms with Crippen molar-refractivity contribution in [1.29, 1.82) is 0 Å². The van der Waals surface area contributed by atoms with Gasteiger partial charge in [-0.15, -0.1) is 0 Å². The highest BCUT2D eigenvalue weighted by molar-refractivity contribution is 6.04. The topological polar surface area (TPSA) is 49.4 Å². The third-order valence-corrected chi connectivity index (χ3v) is 4.34. The molecule has 1 unspecified atom stereocenters. The van der Waals surface area contributed by atoms with E-state index in [9.17, 15) is 9.59 Å². The van der Waals surface area contributed by atoms with Crippen molar-refractivity contribution in [1.82, 2.24) is 5.32 Å². The molecule has 0 spiro atoms. The number of carbonyl (C=O) groups is 2. The third-order valence-electron chi connectivity index (χ3n) is 4.34. The zero-order chi connectivity index (χ0) is 17.3. The molecule has 1 N–H and O–H groups in total. The van der Waals surface area contributed by atoms with E-state index in [-0.39, 0.29) is 11.8 Å². The first-order chi connectivity index (χ1) is 11.4. The maximum absolute atomic E-state index is 12.6. The maximum Gasteiger partial charge on any atom is 0.251 e. The Morgan fingerprint density at radius 2 is 1.62 bits per heavy atom. The van der Waals surface area contributed by atoms with E-state index in [0.717, 1.165) is 22.4 Å². The normalized spacial score (nSPS) is 17.2. The molecule has 4 heteroatoms. The van der Waals surface area contributed by atoms with Gasteiger partial charge in [0.05, 0.1) is 0 Å². The van der Waals surface area contributed by atoms with Gasteiger partial charge in [-0.3, -0.25) is 9.59 Å². The number of rotatable bonds is 3. The van der Waals surface area contributed by atoms with E-state index in [0.29, 0.717) is 18.5 Å². The van der Waals surface area contributed by atoms with E-state index in [1.54, 1.807) is 4.90 Å². The summed E-state index contributed by atoms with van der Waals surface area (Å²) in [5, 5.41) is 2.88. The predicted octanol–water partition coefficient (Wildman–Crippen LogP) is 3.15. The summed E-state index contributed by atoms with van der Waals surface area (Å²) in [6.07, 6.45) is 0.628. The van der Waals surface area contributed by atoms with Crippen molar-refractivity contribution in [2.24, 2.45) is 0 Å². The lowest BCUT2D eigenvalue weighted by Gasteiger charge is -2.17. The second kappa shape index (κ2) is 6.48. The van der Waals surface area contributed by atoms with Crippen molar-refractivity contribution in [3.63, 3.8) is 0 Å². The first-order valence-electron chi connectivity index (χ1n) is 8.21. The van der Waals surface area contributed by atoms with Gasteiger partial charge in [-0.2, -0.15) is 0 Å². The molecule has 1 atom stereocenters. The molecule has 3 rings (SSSR count). The summed E-state index contributed by atoms with van der Waals surface area (Å²) in [7, 11) is 0. The maximum atomic E-state index is 12.6. The lowest BCUT2D eigenvalue weighted by atomic mass is 10.1. The van der Waals surface area contributed by atoms with Gasteiger partial charge in [-0.05, 0) is 51.5 Å². The molecular formula is C20H22N2O2. The summed E-state index contributed by atoms with van der Waals surface area (Å²) >= 11 is 0. The number of benzene rings is 2. The van der Waals surface area contributed by atoms with Crippen LogP contribution in [-0.4, -0.2) is 24.4 Å². The van der Waals surface area contributed by atoms with Crippen LogP contribution in [0.15, 0.2) is 42.5 Å². The van der Waals surface area contributed by atoms with Gasteiger partial charge in [0.2, 0.25) is 5.91 Å². The highest BCUT2D eigenvalue weighted by Gasteiger charge is 2.33. The van der Waals surface area contributed by atoms with E-state index >= 15 is 0 Å². The van der Waals surface area contributed by atoms with Crippen molar-refractivity contribution < 1.29 is 9.59 Å². The molecule has 1 saturated heterocycles. The van der Waals surface area contributed by atoms with Crippen LogP contribution < -0.4 is 10.2 Å². The van der Waals surface area contributed by atoms with Crippen LogP contribution in [0.2, 0.25) is 0 Å². The smallest absolute Gasteiger partial charge is 0.251 e. The Morgan fingerprint density at radius 1 is 1.00 bits per heavy atom. The number of hydrogen-bond acceptors (Lipinski definition) is 2. The number of anilines is 1. The minimum Gasteiger partial charge on any atom is -0.340 e. The molecule has 2 aromatic carbocycles. The van der Waals surface area contributed by atoms with Crippen LogP contribution in [-0.2, 0) is 4.79 Å². The molecule has 1 aliphatic heterocycles. The highest BCUT2D eigenvalue weighted by Crippen LogP contribution is 2.22. The molecule has 2 aromatic rings. The van der Waals surface area contributed by atoms with Crippen molar-refractivity contribution >= 4 is 17.5 Å². The van der Waals surface area contributed by atoms with Crippen molar-refractivity contribution in [3.05, 3.63) is 64.7 Å². The van der Waals surface area contributed by atoms with Crippen LogP contribution in [0.3, 0.4) is 0 Å². The molecule has 24 heavy (non-hydrogen) atoms. The molecule has 0 radical (unpaired) electrons. The summed E-state index contributed by atoms with van der Waals surface area (Å²) in [6.45, 7) is 6.56. The first-order valence-corrected chi connectivity index (χ1v) is 8.21. The lowest BCUT2D eigenvalue weighted by molar-refractivity contribution is -0.118. The van der Waals surface area contributed by atoms with Gasteiger partial charge in [0.1, 0.15) is 6.04 Å². The zero-order valence-electron chi connectivity index (χ0n) is 14.3. The standard InChI is InChI=1S/C20H22N2O2/c1-13-4-6-17(7-5-13)22-9-8-18(20(22)24)21-19(23)16-11-14(2)10-15(3)12-16/h4-7,10-12,18H,8-9H2,1-3H3,(H,21,23). The van der Waals surface area contributed by atoms with Crippen molar-refractivity contribution in [2.45, 2.75) is 33.2 Å². The minimum atomic E-state index is -0.459. The Bertz CT molecular complexity index is 760. The summed E-state index contributed by atoms with van der Waals surface area (Å²) in [5.74, 6) is -0.234. The number of aryl methyl sites for hydroxylation is 3. The molecule has 1 heterocycles. The predicted molar refractivity (Wildman–Crippen MR) is 95.3 cm³/mol. The first kappa shape index (κ1) is 16.2. The average molecular weight is 322 g/mol. The molecule has 4 nitrogen and oxygen atoms in total. The van der Waals surface area contributed by atoms with Crippen LogP contribution >= 0.6 is 0 Å². The summed E-state index contributed by atoms with van der Waals surface area (Å²) in [4.78, 5) is 26.8. The average Bonchev–Trinajstić information content (AvgIpc) is 2.88. The van der Waals surface area contributed by atoms with Crippen molar-refractivity contribution in [2.75, 3.05) is 11.4 Å². The molecule has 124 valence electrons. The molecule has 2 amide bonds. The van der Waals surface area contributed by atoms with Gasteiger partial charge in [0.15, 0.2) is 0 Å². The summed E-state index contributed by atoms with van der Waals surface area (Å²) in [6, 6.07) is 13.1. The minimum absolute atomic E-state index is 0.0448. The molecule has 0 saturated carbocycles. The summed E-state index contributed by atoms with van der Waals surface area (Å²) in [5.41, 5.74) is 4.73. The number of nitrogens with zero attached hydrogens (tertiary/aromatic N) is 1. The number of carbonyl (C=O) groups excluding carboxylic acids is 2. The number of nitrogens with one attached hydrogen (secondary N) is 1. The second-order valence-corrected chi connectivity index (χ2v) is 6.52. The zero-order valence-corrected chi connectivity index (χ0v) is 14.3. The van der Waals surface area contributed by atoms with Gasteiger partial charge in [-0.1, -0.05) is 34.9 Å². The van der Waals surface area contributed by atoms with Gasteiger partial charge in [0, 0.05) is 17.8 Å². The SMILES string of the molecule is Cc1ccc(N2CCC(NC(=O)c3cc(C)cc(C)c3)C2=O)cc1. The Hall–Kier alpha value is -2.62. The molecule has 1 fully saturated rings. The fraction of sp³-hybridized carbons (Fsp3) is 0.300. The second-order valence-electron chi connectivity index (χ2n) is 6.52. The van der Waals surface area contributed by atoms with Gasteiger partial charge >= 0.3 is 0 Å². The number of hydrogen-bond donors (Lipinski definition) is 1. The molecule has 0 aliphatic carbocycles. The van der Waals surface area contributed by atoms with E-state index in [1.165, 1.54) is 0 Å². The molecule has 1 aliphatic rings. The monoisotopic (exact) mass is 322 g/mol. The lowest BCUT2D eigenvalue weighted by Crippen LogP contribution is -2.41. The van der Waals surface area contributed by atoms with Gasteiger partial charge in [-0.25, -0.2) is 0 Å². The van der Waals surface area contributed by atoms with Crippen LogP contribution in [0.5, 0.6) is 0 Å². The summed E-state index contributed by atoms with van der Waals surface area (Å²) < 4.78 is 0. The largest absolute Gasteiger partial charge is 0.340 e. The third kappa shape index (κ3) is 3.32. The Morgan fingerprint density at radius 3 is 2.25 bits per heavy atom. The van der Waals surface area contributed by atoms with E-state index in [1.807, 2.05) is 63.2 Å². The van der Waals surface area contributed by atoms with Crippen LogP contribution in [0.25, 0.3) is 0 Å². The van der Waals surface area contributed by atoms with Crippen LogP contribution in [0.1, 0.15) is 33.5 Å². The van der Waals surface area contributed by atoms with Crippen LogP contribution in [0.4, 0.5) is 5.69 Å². The van der Waals surface area contributed by atoms with Crippen molar-refractivity contribution in [3.8, 4) is 0 Å². The highest BCUT2D eigenvalue weighted by atomic mass is 16.2. The quantitative estimate of drug-likeness (QED) is 0.944. The Kier molecular flexibility index (Phi) is 4.38. The van der Waals surface area contributed by atoms with Gasteiger partial charge in [0.25, 0.3) is 5.91 Å². The van der Waals surface area contributed by atoms with E-state index in [4.69, 9.17) is 0 Å². The molecular weight excluding hydrogens is 300 g/mol. The van der Waals surface area contributed by atoms with E-state index in [2.05, 4.69) is 5.32 Å². The van der Waals surface area contributed by atoms with Crippen LogP contribution in [0, 0.1) is 20.8 Å². The van der Waals surface area contributed by atoms with E-state index < -0.39 is 6.04 Å². The van der Waals surface area contributed by atoms with Gasteiger partial charge < -0.3 is 10.2 Å². The Labute approximate surface area is 142 Å². The fourth-order valence-corrected chi connectivity index (χ4v) is 3.14. The molecule has 0 bridgehead atoms.